The lowest BCUT2D eigenvalue weighted by Gasteiger charge is -2.04. The summed E-state index contributed by atoms with van der Waals surface area (Å²) in [4.78, 5) is 29.4. The molecule has 0 amide bonds. The summed E-state index contributed by atoms with van der Waals surface area (Å²) in [5.41, 5.74) is 13.5. The summed E-state index contributed by atoms with van der Waals surface area (Å²) in [5, 5.41) is 0. The first kappa shape index (κ1) is 23.1. The molecule has 1 aliphatic heterocycles. The zero-order valence-corrected chi connectivity index (χ0v) is 21.8. The van der Waals surface area contributed by atoms with Crippen LogP contribution in [0.2, 0.25) is 0 Å². The summed E-state index contributed by atoms with van der Waals surface area (Å²) in [6, 6.07) is 26.7. The van der Waals surface area contributed by atoms with Crippen LogP contribution in [-0.2, 0) is 0 Å². The van der Waals surface area contributed by atoms with Gasteiger partial charge < -0.3 is 15.0 Å². The van der Waals surface area contributed by atoms with Crippen LogP contribution in [0.3, 0.4) is 0 Å². The number of pyridine rings is 3. The Morgan fingerprint density at radius 3 is 1.49 bits per heavy atom. The summed E-state index contributed by atoms with van der Waals surface area (Å²) in [7, 11) is 0. The van der Waals surface area contributed by atoms with Crippen LogP contribution >= 0.6 is 0 Å². The topological polar surface area (TPSA) is 98.9 Å². The molecule has 7 nitrogen and oxygen atoms in total. The van der Waals surface area contributed by atoms with Crippen molar-refractivity contribution in [1.82, 2.24) is 34.9 Å². The fourth-order valence-electron chi connectivity index (χ4n) is 5.58. The monoisotopic (exact) mass is 529 g/mol. The third-order valence-electron chi connectivity index (χ3n) is 7.44. The largest absolute Gasteiger partial charge is 0.354 e. The average molecular weight is 530 g/mol. The van der Waals surface area contributed by atoms with Crippen LogP contribution in [0.5, 0.6) is 0 Å². The molecule has 0 saturated carbocycles. The van der Waals surface area contributed by atoms with Crippen LogP contribution in [0.25, 0.3) is 78.8 Å². The lowest BCUT2D eigenvalue weighted by Crippen LogP contribution is -1.89. The quantitative estimate of drug-likeness (QED) is 0.217. The molecule has 41 heavy (non-hydrogen) atoms. The van der Waals surface area contributed by atoms with Crippen molar-refractivity contribution in [1.29, 1.82) is 0 Å². The first-order valence-corrected chi connectivity index (χ1v) is 13.4. The second-order valence-corrected chi connectivity index (χ2v) is 9.88. The van der Waals surface area contributed by atoms with Gasteiger partial charge in [0.25, 0.3) is 0 Å². The van der Waals surface area contributed by atoms with Crippen molar-refractivity contribution in [2.45, 2.75) is 0 Å². The lowest BCUT2D eigenvalue weighted by atomic mass is 10.1. The Kier molecular flexibility index (Phi) is 5.31. The van der Waals surface area contributed by atoms with Gasteiger partial charge in [0.1, 0.15) is 0 Å². The third-order valence-corrected chi connectivity index (χ3v) is 7.44. The molecule has 7 aromatic rings. The first-order valence-electron chi connectivity index (χ1n) is 13.4. The molecule has 8 heterocycles. The molecular weight excluding hydrogens is 506 g/mol. The first-order chi connectivity index (χ1) is 20.3. The lowest BCUT2D eigenvalue weighted by molar-refractivity contribution is 1.28. The van der Waals surface area contributed by atoms with Gasteiger partial charge in [0.2, 0.25) is 0 Å². The summed E-state index contributed by atoms with van der Waals surface area (Å²) < 4.78 is 0. The maximum Gasteiger partial charge on any atom is 0.0753 e. The number of aromatic amines is 3. The highest BCUT2D eigenvalue weighted by atomic mass is 14.8. The van der Waals surface area contributed by atoms with Crippen molar-refractivity contribution in [3.63, 3.8) is 0 Å². The number of hydrogen-bond donors (Lipinski definition) is 3. The van der Waals surface area contributed by atoms with Crippen LogP contribution < -0.4 is 0 Å². The Balaban J connectivity index is 1.58. The molecule has 8 rings (SSSR count). The minimum atomic E-state index is 0.840. The van der Waals surface area contributed by atoms with Gasteiger partial charge in [-0.05, 0) is 96.1 Å². The normalized spacial score (nSPS) is 11.8. The Labute approximate surface area is 234 Å². The Morgan fingerprint density at radius 2 is 0.902 bits per heavy atom. The Morgan fingerprint density at radius 1 is 0.415 bits per heavy atom. The molecule has 7 heteroatoms. The van der Waals surface area contributed by atoms with E-state index in [1.54, 1.807) is 0 Å². The second kappa shape index (κ2) is 9.43. The van der Waals surface area contributed by atoms with Gasteiger partial charge in [0.05, 0.1) is 33.6 Å². The molecule has 0 radical (unpaired) electrons. The van der Waals surface area contributed by atoms with Gasteiger partial charge in [-0.1, -0.05) is 6.07 Å². The van der Waals surface area contributed by atoms with E-state index in [-0.39, 0.29) is 0 Å². The Hall–Kier alpha value is -5.82. The Bertz CT molecular complexity index is 2190. The van der Waals surface area contributed by atoms with Crippen molar-refractivity contribution >= 4 is 45.3 Å². The highest BCUT2D eigenvalue weighted by molar-refractivity contribution is 5.99. The van der Waals surface area contributed by atoms with E-state index in [0.717, 1.165) is 78.0 Å². The molecule has 0 fully saturated rings. The van der Waals surface area contributed by atoms with Gasteiger partial charge in [-0.25, -0.2) is 4.98 Å². The van der Waals surface area contributed by atoms with Crippen molar-refractivity contribution in [3.05, 3.63) is 121 Å². The van der Waals surface area contributed by atoms with Crippen LogP contribution in [0.4, 0.5) is 0 Å². The SMILES string of the molecule is C1=Cc2nc1c(-c1ccncc1)c1ccc([nH]1)c1ccc([nH]1)c(-c1ccncc1)c1ccc([nH]1)c2-c1ccccn1. The maximum atomic E-state index is 5.20. The van der Waals surface area contributed by atoms with E-state index >= 15 is 0 Å². The standard InChI is InChI=1S/C34H23N7/c1-2-16-37-25(3-1)34-30-10-8-28(40-30)32(21-12-17-35-18-13-21)26-6-4-23(38-26)24-5-7-27(39-24)33(22-14-19-36-20-15-22)29-9-11-31(34)41-29/h1-20,38-40H. The third kappa shape index (κ3) is 3.99. The molecule has 0 aliphatic carbocycles. The summed E-state index contributed by atoms with van der Waals surface area (Å²) >= 11 is 0. The molecule has 3 N–H and O–H groups in total. The van der Waals surface area contributed by atoms with Gasteiger partial charge in [-0.15, -0.1) is 0 Å². The van der Waals surface area contributed by atoms with E-state index in [2.05, 4.69) is 73.5 Å². The van der Waals surface area contributed by atoms with Crippen molar-refractivity contribution in [2.24, 2.45) is 0 Å². The van der Waals surface area contributed by atoms with Gasteiger partial charge in [-0.3, -0.25) is 15.0 Å². The van der Waals surface area contributed by atoms with Gasteiger partial charge in [-0.2, -0.15) is 0 Å². The number of aromatic nitrogens is 7. The minimum Gasteiger partial charge on any atom is -0.354 e. The highest BCUT2D eigenvalue weighted by Gasteiger charge is 2.16. The fourth-order valence-corrected chi connectivity index (χ4v) is 5.58. The van der Waals surface area contributed by atoms with E-state index in [0.29, 0.717) is 0 Å². The molecule has 0 spiro atoms. The van der Waals surface area contributed by atoms with E-state index < -0.39 is 0 Å². The molecule has 0 aromatic carbocycles. The van der Waals surface area contributed by atoms with Crippen LogP contribution in [0, 0.1) is 0 Å². The van der Waals surface area contributed by atoms with E-state index in [1.165, 1.54) is 0 Å². The minimum absolute atomic E-state index is 0.840. The molecule has 8 bridgehead atoms. The molecule has 1 aliphatic rings. The zero-order chi connectivity index (χ0) is 27.2. The molecule has 0 saturated heterocycles. The van der Waals surface area contributed by atoms with Crippen molar-refractivity contribution in [2.75, 3.05) is 0 Å². The number of nitrogens with one attached hydrogen (secondary N) is 3. The fraction of sp³-hybridized carbons (Fsp3) is 0. The summed E-state index contributed by atoms with van der Waals surface area (Å²) in [6.07, 6.45) is 13.2. The molecular formula is C34H23N7. The van der Waals surface area contributed by atoms with E-state index in [1.807, 2.05) is 73.4 Å². The molecule has 0 atom stereocenters. The number of nitrogens with zero attached hydrogens (tertiary/aromatic N) is 4. The number of fused-ring (bicyclic) bond motifs is 9. The van der Waals surface area contributed by atoms with Crippen LogP contribution in [0.15, 0.2) is 110 Å². The molecule has 0 unspecified atom stereocenters. The average Bonchev–Trinajstić information content (AvgIpc) is 3.84. The number of hydrogen-bond acceptors (Lipinski definition) is 4. The predicted molar refractivity (Wildman–Crippen MR) is 165 cm³/mol. The van der Waals surface area contributed by atoms with E-state index in [9.17, 15) is 0 Å². The smallest absolute Gasteiger partial charge is 0.0753 e. The summed E-state index contributed by atoms with van der Waals surface area (Å²) in [5.74, 6) is 0. The predicted octanol–water partition coefficient (Wildman–Crippen LogP) is 7.88. The second-order valence-electron chi connectivity index (χ2n) is 9.88. The number of H-pyrrole nitrogens is 3. The number of rotatable bonds is 3. The van der Waals surface area contributed by atoms with Crippen LogP contribution in [0.1, 0.15) is 11.4 Å². The van der Waals surface area contributed by atoms with Gasteiger partial charge >= 0.3 is 0 Å². The maximum absolute atomic E-state index is 5.20. The van der Waals surface area contributed by atoms with Gasteiger partial charge in [0.15, 0.2) is 0 Å². The molecule has 194 valence electrons. The zero-order valence-electron chi connectivity index (χ0n) is 21.8. The summed E-state index contributed by atoms with van der Waals surface area (Å²) in [6.45, 7) is 0. The van der Waals surface area contributed by atoms with Crippen molar-refractivity contribution < 1.29 is 0 Å². The van der Waals surface area contributed by atoms with E-state index in [4.69, 9.17) is 9.97 Å². The highest BCUT2D eigenvalue weighted by Crippen LogP contribution is 2.35. The van der Waals surface area contributed by atoms with Gasteiger partial charge in [0, 0.05) is 64.2 Å². The van der Waals surface area contributed by atoms with Crippen LogP contribution in [-0.4, -0.2) is 34.9 Å². The molecule has 7 aromatic heterocycles. The van der Waals surface area contributed by atoms with Crippen molar-refractivity contribution in [3.8, 4) is 33.5 Å².